The third-order valence-electron chi connectivity index (χ3n) is 2.21. The van der Waals surface area contributed by atoms with E-state index in [1.165, 1.54) is 5.56 Å². The summed E-state index contributed by atoms with van der Waals surface area (Å²) in [6, 6.07) is 8.11. The molecule has 1 aromatic rings. The summed E-state index contributed by atoms with van der Waals surface area (Å²) in [7, 11) is 0. The summed E-state index contributed by atoms with van der Waals surface area (Å²) in [5, 5.41) is 0. The van der Waals surface area contributed by atoms with Crippen LogP contribution in [0.25, 0.3) is 0 Å². The van der Waals surface area contributed by atoms with Crippen LogP contribution >= 0.6 is 0 Å². The molecular weight excluding hydrogens is 164 g/mol. The SMILES string of the molecule is CCOc1cccc(C2OC2C)c1. The molecule has 2 nitrogen and oxygen atoms in total. The van der Waals surface area contributed by atoms with E-state index in [4.69, 9.17) is 9.47 Å². The predicted octanol–water partition coefficient (Wildman–Crippen LogP) is 2.55. The first-order valence-corrected chi connectivity index (χ1v) is 4.69. The van der Waals surface area contributed by atoms with E-state index in [1.807, 2.05) is 19.1 Å². The molecule has 70 valence electrons. The van der Waals surface area contributed by atoms with Crippen molar-refractivity contribution in [3.8, 4) is 5.75 Å². The Labute approximate surface area is 78.5 Å². The lowest BCUT2D eigenvalue weighted by Gasteiger charge is -2.03. The molecule has 0 saturated carbocycles. The van der Waals surface area contributed by atoms with Gasteiger partial charge in [0.2, 0.25) is 0 Å². The van der Waals surface area contributed by atoms with Gasteiger partial charge in [-0.2, -0.15) is 0 Å². The zero-order valence-electron chi connectivity index (χ0n) is 7.99. The average Bonchev–Trinajstić information content (AvgIpc) is 2.84. The molecular formula is C11H14O2. The van der Waals surface area contributed by atoms with Gasteiger partial charge in [-0.05, 0) is 31.5 Å². The Morgan fingerprint density at radius 2 is 2.23 bits per heavy atom. The van der Waals surface area contributed by atoms with Gasteiger partial charge in [-0.25, -0.2) is 0 Å². The highest BCUT2D eigenvalue weighted by atomic mass is 16.6. The number of hydrogen-bond donors (Lipinski definition) is 0. The highest BCUT2D eigenvalue weighted by Gasteiger charge is 2.35. The van der Waals surface area contributed by atoms with E-state index in [-0.39, 0.29) is 0 Å². The van der Waals surface area contributed by atoms with Gasteiger partial charge in [-0.15, -0.1) is 0 Å². The molecule has 0 N–H and O–H groups in total. The molecule has 0 aliphatic carbocycles. The fraction of sp³-hybridized carbons (Fsp3) is 0.455. The molecule has 1 aromatic carbocycles. The second kappa shape index (κ2) is 3.38. The van der Waals surface area contributed by atoms with Gasteiger partial charge in [0, 0.05) is 0 Å². The third-order valence-corrected chi connectivity index (χ3v) is 2.21. The van der Waals surface area contributed by atoms with E-state index >= 15 is 0 Å². The fourth-order valence-corrected chi connectivity index (χ4v) is 1.48. The molecule has 1 heterocycles. The smallest absolute Gasteiger partial charge is 0.119 e. The van der Waals surface area contributed by atoms with Gasteiger partial charge in [0.05, 0.1) is 12.7 Å². The summed E-state index contributed by atoms with van der Waals surface area (Å²) in [6.45, 7) is 4.78. The Bertz CT molecular complexity index is 296. The first-order chi connectivity index (χ1) is 6.31. The van der Waals surface area contributed by atoms with Gasteiger partial charge in [0.25, 0.3) is 0 Å². The topological polar surface area (TPSA) is 21.8 Å². The van der Waals surface area contributed by atoms with E-state index < -0.39 is 0 Å². The second-order valence-corrected chi connectivity index (χ2v) is 3.27. The Morgan fingerprint density at radius 3 is 2.85 bits per heavy atom. The quantitative estimate of drug-likeness (QED) is 0.663. The lowest BCUT2D eigenvalue weighted by molar-refractivity contribution is 0.338. The van der Waals surface area contributed by atoms with Gasteiger partial charge in [0.1, 0.15) is 11.9 Å². The van der Waals surface area contributed by atoms with Gasteiger partial charge in [-0.3, -0.25) is 0 Å². The van der Waals surface area contributed by atoms with E-state index in [9.17, 15) is 0 Å². The highest BCUT2D eigenvalue weighted by Crippen LogP contribution is 2.38. The molecule has 0 aromatic heterocycles. The normalized spacial score (nSPS) is 25.7. The van der Waals surface area contributed by atoms with Crippen LogP contribution in [-0.2, 0) is 4.74 Å². The van der Waals surface area contributed by atoms with Crippen molar-refractivity contribution in [2.75, 3.05) is 6.61 Å². The molecule has 13 heavy (non-hydrogen) atoms. The van der Waals surface area contributed by atoms with E-state index in [1.54, 1.807) is 0 Å². The predicted molar refractivity (Wildman–Crippen MR) is 50.9 cm³/mol. The molecule has 2 rings (SSSR count). The lowest BCUT2D eigenvalue weighted by Crippen LogP contribution is -1.92. The standard InChI is InChI=1S/C11H14O2/c1-3-12-10-6-4-5-9(7-10)11-8(2)13-11/h4-8,11H,3H2,1-2H3. The van der Waals surface area contributed by atoms with E-state index in [2.05, 4.69) is 19.1 Å². The fourth-order valence-electron chi connectivity index (χ4n) is 1.48. The Morgan fingerprint density at radius 1 is 1.46 bits per heavy atom. The summed E-state index contributed by atoms with van der Waals surface area (Å²) in [5.41, 5.74) is 1.22. The second-order valence-electron chi connectivity index (χ2n) is 3.27. The van der Waals surface area contributed by atoms with Crippen LogP contribution in [0.15, 0.2) is 24.3 Å². The van der Waals surface area contributed by atoms with Crippen molar-refractivity contribution in [2.45, 2.75) is 26.1 Å². The number of benzene rings is 1. The summed E-state index contributed by atoms with van der Waals surface area (Å²) in [6.07, 6.45) is 0.664. The summed E-state index contributed by atoms with van der Waals surface area (Å²) in [4.78, 5) is 0. The zero-order chi connectivity index (χ0) is 9.26. The minimum Gasteiger partial charge on any atom is -0.494 e. The van der Waals surface area contributed by atoms with Gasteiger partial charge < -0.3 is 9.47 Å². The third kappa shape index (κ3) is 1.83. The number of rotatable bonds is 3. The van der Waals surface area contributed by atoms with Crippen LogP contribution in [0.4, 0.5) is 0 Å². The summed E-state index contributed by atoms with van der Waals surface area (Å²) in [5.74, 6) is 0.933. The maximum absolute atomic E-state index is 5.40. The van der Waals surface area contributed by atoms with Crippen molar-refractivity contribution in [3.05, 3.63) is 29.8 Å². The minimum atomic E-state index is 0.292. The molecule has 0 spiro atoms. The number of epoxide rings is 1. The zero-order valence-corrected chi connectivity index (χ0v) is 7.99. The van der Waals surface area contributed by atoms with Gasteiger partial charge >= 0.3 is 0 Å². The summed E-state index contributed by atoms with van der Waals surface area (Å²) < 4.78 is 10.8. The Hall–Kier alpha value is -1.02. The Kier molecular flexibility index (Phi) is 2.23. The molecule has 1 saturated heterocycles. The summed E-state index contributed by atoms with van der Waals surface area (Å²) >= 11 is 0. The van der Waals surface area contributed by atoms with Crippen LogP contribution in [0, 0.1) is 0 Å². The van der Waals surface area contributed by atoms with Crippen molar-refractivity contribution in [1.82, 2.24) is 0 Å². The lowest BCUT2D eigenvalue weighted by atomic mass is 10.1. The molecule has 0 amide bonds. The van der Waals surface area contributed by atoms with Crippen molar-refractivity contribution in [1.29, 1.82) is 0 Å². The van der Waals surface area contributed by atoms with E-state index in [0.29, 0.717) is 18.8 Å². The molecule has 2 heteroatoms. The van der Waals surface area contributed by atoms with Gasteiger partial charge in [-0.1, -0.05) is 12.1 Å². The number of hydrogen-bond acceptors (Lipinski definition) is 2. The largest absolute Gasteiger partial charge is 0.494 e. The van der Waals surface area contributed by atoms with Crippen LogP contribution in [-0.4, -0.2) is 12.7 Å². The maximum atomic E-state index is 5.40. The van der Waals surface area contributed by atoms with Crippen molar-refractivity contribution >= 4 is 0 Å². The highest BCUT2D eigenvalue weighted by molar-refractivity contribution is 5.32. The molecule has 2 unspecified atom stereocenters. The molecule has 2 atom stereocenters. The maximum Gasteiger partial charge on any atom is 0.119 e. The van der Waals surface area contributed by atoms with Crippen LogP contribution in [0.5, 0.6) is 5.75 Å². The molecule has 0 bridgehead atoms. The van der Waals surface area contributed by atoms with Crippen LogP contribution in [0.2, 0.25) is 0 Å². The first kappa shape index (κ1) is 8.57. The number of ether oxygens (including phenoxy) is 2. The van der Waals surface area contributed by atoms with Gasteiger partial charge in [0.15, 0.2) is 0 Å². The first-order valence-electron chi connectivity index (χ1n) is 4.69. The van der Waals surface area contributed by atoms with Crippen molar-refractivity contribution in [2.24, 2.45) is 0 Å². The Balaban J connectivity index is 2.13. The molecule has 1 aliphatic heterocycles. The van der Waals surface area contributed by atoms with Crippen LogP contribution in [0.1, 0.15) is 25.5 Å². The minimum absolute atomic E-state index is 0.292. The van der Waals surface area contributed by atoms with Crippen LogP contribution < -0.4 is 4.74 Å². The molecule has 1 aliphatic rings. The van der Waals surface area contributed by atoms with Crippen molar-refractivity contribution < 1.29 is 9.47 Å². The van der Waals surface area contributed by atoms with Crippen molar-refractivity contribution in [3.63, 3.8) is 0 Å². The van der Waals surface area contributed by atoms with Crippen LogP contribution in [0.3, 0.4) is 0 Å². The average molecular weight is 178 g/mol. The molecule has 1 fully saturated rings. The monoisotopic (exact) mass is 178 g/mol. The van der Waals surface area contributed by atoms with E-state index in [0.717, 1.165) is 5.75 Å². The molecule has 0 radical (unpaired) electrons.